The van der Waals surface area contributed by atoms with Crippen LogP contribution >= 0.6 is 0 Å². The summed E-state index contributed by atoms with van der Waals surface area (Å²) in [5, 5.41) is 2.94. The molecule has 0 radical (unpaired) electrons. The molecule has 0 saturated carbocycles. The summed E-state index contributed by atoms with van der Waals surface area (Å²) in [7, 11) is 0. The second-order valence-corrected chi connectivity index (χ2v) is 5.03. The third kappa shape index (κ3) is 3.73. The van der Waals surface area contributed by atoms with Crippen LogP contribution in [0.3, 0.4) is 0 Å². The maximum absolute atomic E-state index is 12.1. The molecule has 1 unspecified atom stereocenters. The van der Waals surface area contributed by atoms with Gasteiger partial charge in [-0.3, -0.25) is 4.79 Å². The van der Waals surface area contributed by atoms with E-state index in [0.717, 1.165) is 38.8 Å². The van der Waals surface area contributed by atoms with E-state index in [9.17, 15) is 4.79 Å². The van der Waals surface area contributed by atoms with E-state index in [1.807, 2.05) is 10.8 Å². The predicted molar refractivity (Wildman–Crippen MR) is 75.1 cm³/mol. The first-order valence-electron chi connectivity index (χ1n) is 7.06. The third-order valence-electron chi connectivity index (χ3n) is 3.39. The molecular weight excluding hydrogens is 242 g/mol. The Morgan fingerprint density at radius 1 is 1.63 bits per heavy atom. The first-order valence-corrected chi connectivity index (χ1v) is 7.06. The van der Waals surface area contributed by atoms with Crippen LogP contribution < -0.4 is 11.1 Å². The van der Waals surface area contributed by atoms with Crippen LogP contribution in [-0.4, -0.2) is 29.7 Å². The van der Waals surface area contributed by atoms with Gasteiger partial charge < -0.3 is 20.4 Å². The van der Waals surface area contributed by atoms with Crippen LogP contribution in [0.2, 0.25) is 0 Å². The number of amides is 1. The quantitative estimate of drug-likeness (QED) is 0.823. The Bertz CT molecular complexity index is 422. The van der Waals surface area contributed by atoms with Gasteiger partial charge in [0.1, 0.15) is 5.69 Å². The second kappa shape index (κ2) is 6.61. The van der Waals surface area contributed by atoms with E-state index in [2.05, 4.69) is 12.2 Å². The maximum Gasteiger partial charge on any atom is 0.267 e. The van der Waals surface area contributed by atoms with E-state index in [1.165, 1.54) is 0 Å². The maximum atomic E-state index is 12.1. The summed E-state index contributed by atoms with van der Waals surface area (Å²) in [5.41, 5.74) is 7.04. The summed E-state index contributed by atoms with van der Waals surface area (Å²) >= 11 is 0. The fourth-order valence-electron chi connectivity index (χ4n) is 2.46. The largest absolute Gasteiger partial charge is 0.397 e. The lowest BCUT2D eigenvalue weighted by molar-refractivity contribution is 0.0899. The summed E-state index contributed by atoms with van der Waals surface area (Å²) in [6.45, 7) is 4.40. The first kappa shape index (κ1) is 13.9. The van der Waals surface area contributed by atoms with Crippen molar-refractivity contribution in [3.05, 3.63) is 18.0 Å². The van der Waals surface area contributed by atoms with Crippen molar-refractivity contribution in [1.29, 1.82) is 0 Å². The molecule has 106 valence electrons. The smallest absolute Gasteiger partial charge is 0.267 e. The highest BCUT2D eigenvalue weighted by atomic mass is 16.5. The molecule has 2 heterocycles. The van der Waals surface area contributed by atoms with Crippen LogP contribution in [0.15, 0.2) is 12.3 Å². The van der Waals surface area contributed by atoms with Gasteiger partial charge in [0.15, 0.2) is 0 Å². The van der Waals surface area contributed by atoms with E-state index in [1.54, 1.807) is 6.07 Å². The standard InChI is InChI=1S/C14H23N3O2/c1-2-7-17-10-11(15)9-13(17)14(18)16-6-5-12-4-3-8-19-12/h9-10,12H,2-8,15H2,1H3,(H,16,18). The number of nitrogens with two attached hydrogens (primary N) is 1. The lowest BCUT2D eigenvalue weighted by Crippen LogP contribution is -2.28. The van der Waals surface area contributed by atoms with Gasteiger partial charge in [-0.15, -0.1) is 0 Å². The molecule has 0 aliphatic carbocycles. The number of aromatic nitrogens is 1. The molecule has 19 heavy (non-hydrogen) atoms. The van der Waals surface area contributed by atoms with Crippen molar-refractivity contribution in [3.63, 3.8) is 0 Å². The molecule has 1 atom stereocenters. The second-order valence-electron chi connectivity index (χ2n) is 5.03. The molecule has 5 nitrogen and oxygen atoms in total. The van der Waals surface area contributed by atoms with Crippen molar-refractivity contribution in [3.8, 4) is 0 Å². The number of nitrogen functional groups attached to an aromatic ring is 1. The Kier molecular flexibility index (Phi) is 4.85. The summed E-state index contributed by atoms with van der Waals surface area (Å²) in [4.78, 5) is 12.1. The van der Waals surface area contributed by atoms with Gasteiger partial charge in [0.25, 0.3) is 5.91 Å². The SMILES string of the molecule is CCCn1cc(N)cc1C(=O)NCCC1CCCO1. The zero-order valence-electron chi connectivity index (χ0n) is 11.5. The highest BCUT2D eigenvalue weighted by molar-refractivity contribution is 5.93. The minimum absolute atomic E-state index is 0.0526. The van der Waals surface area contributed by atoms with Crippen LogP contribution in [0.1, 0.15) is 43.1 Å². The fraction of sp³-hybridized carbons (Fsp3) is 0.643. The molecule has 1 aromatic heterocycles. The van der Waals surface area contributed by atoms with Gasteiger partial charge in [0.05, 0.1) is 11.8 Å². The topological polar surface area (TPSA) is 69.3 Å². The number of anilines is 1. The molecular formula is C14H23N3O2. The zero-order valence-corrected chi connectivity index (χ0v) is 11.5. The Morgan fingerprint density at radius 2 is 2.47 bits per heavy atom. The van der Waals surface area contributed by atoms with Gasteiger partial charge in [0, 0.05) is 25.9 Å². The van der Waals surface area contributed by atoms with Crippen LogP contribution in [-0.2, 0) is 11.3 Å². The first-order chi connectivity index (χ1) is 9.20. The normalized spacial score (nSPS) is 18.7. The van der Waals surface area contributed by atoms with Crippen molar-refractivity contribution in [2.24, 2.45) is 0 Å². The van der Waals surface area contributed by atoms with Gasteiger partial charge >= 0.3 is 0 Å². The predicted octanol–water partition coefficient (Wildman–Crippen LogP) is 1.78. The number of hydrogen-bond acceptors (Lipinski definition) is 3. The summed E-state index contributed by atoms with van der Waals surface area (Å²) < 4.78 is 7.44. The number of rotatable bonds is 6. The molecule has 1 aliphatic rings. The molecule has 1 aromatic rings. The molecule has 1 fully saturated rings. The monoisotopic (exact) mass is 265 g/mol. The number of nitrogens with one attached hydrogen (secondary N) is 1. The average molecular weight is 265 g/mol. The molecule has 0 spiro atoms. The van der Waals surface area contributed by atoms with Gasteiger partial charge in [-0.1, -0.05) is 6.92 Å². The van der Waals surface area contributed by atoms with Gasteiger partial charge in [-0.25, -0.2) is 0 Å². The molecule has 0 aromatic carbocycles. The molecule has 1 saturated heterocycles. The van der Waals surface area contributed by atoms with E-state index < -0.39 is 0 Å². The van der Waals surface area contributed by atoms with Gasteiger partial charge in [-0.05, 0) is 31.7 Å². The third-order valence-corrected chi connectivity index (χ3v) is 3.39. The zero-order chi connectivity index (χ0) is 13.7. The van der Waals surface area contributed by atoms with Crippen molar-refractivity contribution in [1.82, 2.24) is 9.88 Å². The van der Waals surface area contributed by atoms with Crippen LogP contribution in [0.25, 0.3) is 0 Å². The van der Waals surface area contributed by atoms with E-state index in [-0.39, 0.29) is 5.91 Å². The summed E-state index contributed by atoms with van der Waals surface area (Å²) in [6, 6.07) is 1.73. The number of carbonyl (C=O) groups excluding carboxylic acids is 1. The average Bonchev–Trinajstić information content (AvgIpc) is 2.99. The Morgan fingerprint density at radius 3 is 3.16 bits per heavy atom. The van der Waals surface area contributed by atoms with Gasteiger partial charge in [0.2, 0.25) is 0 Å². The van der Waals surface area contributed by atoms with E-state index in [4.69, 9.17) is 10.5 Å². The number of ether oxygens (including phenoxy) is 1. The van der Waals surface area contributed by atoms with Crippen molar-refractivity contribution in [2.75, 3.05) is 18.9 Å². The molecule has 2 rings (SSSR count). The van der Waals surface area contributed by atoms with Crippen molar-refractivity contribution >= 4 is 11.6 Å². The number of aryl methyl sites for hydroxylation is 1. The minimum atomic E-state index is -0.0526. The summed E-state index contributed by atoms with van der Waals surface area (Å²) in [5.74, 6) is -0.0526. The highest BCUT2D eigenvalue weighted by Crippen LogP contribution is 2.15. The number of carbonyl (C=O) groups is 1. The van der Waals surface area contributed by atoms with E-state index >= 15 is 0 Å². The summed E-state index contributed by atoms with van der Waals surface area (Å²) in [6.07, 6.45) is 6.23. The van der Waals surface area contributed by atoms with E-state index in [0.29, 0.717) is 24.0 Å². The van der Waals surface area contributed by atoms with Gasteiger partial charge in [-0.2, -0.15) is 0 Å². The number of hydrogen-bond donors (Lipinski definition) is 2. The number of nitrogens with zero attached hydrogens (tertiary/aromatic N) is 1. The van der Waals surface area contributed by atoms with Crippen LogP contribution in [0.4, 0.5) is 5.69 Å². The Labute approximate surface area is 114 Å². The van der Waals surface area contributed by atoms with Crippen molar-refractivity contribution < 1.29 is 9.53 Å². The minimum Gasteiger partial charge on any atom is -0.397 e. The Balaban J connectivity index is 1.84. The Hall–Kier alpha value is -1.49. The van der Waals surface area contributed by atoms with Crippen molar-refractivity contribution in [2.45, 2.75) is 45.3 Å². The molecule has 3 N–H and O–H groups in total. The van der Waals surface area contributed by atoms with Crippen LogP contribution in [0, 0.1) is 0 Å². The highest BCUT2D eigenvalue weighted by Gasteiger charge is 2.16. The van der Waals surface area contributed by atoms with Crippen LogP contribution in [0.5, 0.6) is 0 Å². The molecule has 1 amide bonds. The lowest BCUT2D eigenvalue weighted by Gasteiger charge is -2.11. The molecule has 0 bridgehead atoms. The lowest BCUT2D eigenvalue weighted by atomic mass is 10.2. The molecule has 1 aliphatic heterocycles. The molecule has 5 heteroatoms. The fourth-order valence-corrected chi connectivity index (χ4v) is 2.46.